The highest BCUT2D eigenvalue weighted by Crippen LogP contribution is 2.51. The highest BCUT2D eigenvalue weighted by Gasteiger charge is 2.60. The average Bonchev–Trinajstić information content (AvgIpc) is 3.19. The molecule has 4 aliphatic rings. The zero-order chi connectivity index (χ0) is 43.1. The zero-order valence-corrected chi connectivity index (χ0v) is 36.1. The van der Waals surface area contributed by atoms with E-state index in [2.05, 4.69) is 13.5 Å². The van der Waals surface area contributed by atoms with Crippen molar-refractivity contribution in [3.8, 4) is 0 Å². The average molecular weight is 818 g/mol. The maximum absolute atomic E-state index is 14.5. The van der Waals surface area contributed by atoms with Crippen LogP contribution in [0.5, 0.6) is 0 Å². The van der Waals surface area contributed by atoms with Gasteiger partial charge >= 0.3 is 5.97 Å². The molecule has 2 saturated carbocycles. The Morgan fingerprint density at radius 3 is 2.24 bits per heavy atom. The fraction of sp³-hybridized carbons (Fsp3) is 0.778. The van der Waals surface area contributed by atoms with Crippen LogP contribution in [-0.4, -0.2) is 131 Å². The molecule has 13 heteroatoms. The van der Waals surface area contributed by atoms with Crippen LogP contribution < -0.4 is 0 Å². The number of carbonyl (C=O) groups is 4. The number of aliphatic hydroxyl groups excluding tert-OH is 3. The van der Waals surface area contributed by atoms with Gasteiger partial charge in [-0.25, -0.2) is 4.79 Å². The van der Waals surface area contributed by atoms with Gasteiger partial charge in [0.2, 0.25) is 0 Å². The van der Waals surface area contributed by atoms with Crippen LogP contribution in [0.4, 0.5) is 0 Å². The van der Waals surface area contributed by atoms with Gasteiger partial charge in [0.05, 0.1) is 30.5 Å². The van der Waals surface area contributed by atoms with Crippen LogP contribution >= 0.6 is 0 Å². The number of esters is 1. The molecule has 1 saturated heterocycles. The van der Waals surface area contributed by atoms with E-state index >= 15 is 0 Å². The number of allylic oxidation sites excluding steroid dienone is 4. The first-order valence-corrected chi connectivity index (χ1v) is 21.3. The van der Waals surface area contributed by atoms with Gasteiger partial charge < -0.3 is 44.3 Å². The Labute approximate surface area is 345 Å². The number of aliphatic hydroxyl groups is 4. The van der Waals surface area contributed by atoms with Gasteiger partial charge in [-0.1, -0.05) is 45.9 Å². The number of Topliss-reactive ketones (excluding diaryl/α,β-unsaturated/α-hetero) is 2. The summed E-state index contributed by atoms with van der Waals surface area (Å²) >= 11 is 0. The Kier molecular flexibility index (Phi) is 17.1. The standard InChI is InChI=1S/C45H71NO12/c1-10-13-31-19-26(2)18-27(3)20-37(56-8)44(6)25-45(54,29(5)22-38(44)57-9)41(51)42(52)46-17-12-11-14-32(46)43(53)58-40(39(50)35(49)24-34(31)48)28(4)21-30-15-16-33(47)36(23-30)55-7/h10,19,21,26-27,29-30,32-33,35-40,47,49-50,54H,1,11-18,20,22-25H2,2-9H3/b28-21?,31-19+/t26?,27-,29+,30-,32-,33+,35-,36+,37-,38-,39+,40+,44+,45-/m0/s1. The largest absolute Gasteiger partial charge is 0.453 e. The Hall–Kier alpha value is -2.78. The number of piperidine rings is 1. The van der Waals surface area contributed by atoms with E-state index in [1.807, 2.05) is 26.0 Å². The molecule has 4 N–H and O–H groups in total. The van der Waals surface area contributed by atoms with Gasteiger partial charge in [0.1, 0.15) is 17.7 Å². The number of hydrogen-bond donors (Lipinski definition) is 4. The van der Waals surface area contributed by atoms with Gasteiger partial charge in [-0.3, -0.25) is 14.4 Å². The molecular formula is C45H71NO12. The number of carbonyl (C=O) groups excluding carboxylic acids is 4. The monoisotopic (exact) mass is 817 g/mol. The van der Waals surface area contributed by atoms with Crippen LogP contribution in [0.25, 0.3) is 0 Å². The Morgan fingerprint density at radius 2 is 1.60 bits per heavy atom. The van der Waals surface area contributed by atoms with Crippen LogP contribution in [0.1, 0.15) is 112 Å². The molecule has 0 radical (unpaired) electrons. The number of hydrogen-bond acceptors (Lipinski definition) is 12. The lowest BCUT2D eigenvalue weighted by atomic mass is 9.58. The topological polar surface area (TPSA) is 189 Å². The molecule has 0 aromatic rings. The molecule has 4 rings (SSSR count). The first-order valence-electron chi connectivity index (χ1n) is 21.3. The van der Waals surface area contributed by atoms with Crippen LogP contribution in [0, 0.1) is 29.1 Å². The van der Waals surface area contributed by atoms with E-state index in [-0.39, 0.29) is 55.8 Å². The predicted molar refractivity (Wildman–Crippen MR) is 217 cm³/mol. The minimum atomic E-state index is -2.09. The molecule has 2 heterocycles. The van der Waals surface area contributed by atoms with E-state index in [0.29, 0.717) is 56.1 Å². The van der Waals surface area contributed by atoms with Gasteiger partial charge in [-0.05, 0) is 112 Å². The van der Waals surface area contributed by atoms with Gasteiger partial charge in [-0.15, -0.1) is 6.58 Å². The minimum absolute atomic E-state index is 0.0521. The molecule has 3 fully saturated rings. The van der Waals surface area contributed by atoms with Gasteiger partial charge in [0, 0.05) is 39.7 Å². The van der Waals surface area contributed by atoms with Gasteiger partial charge in [0.15, 0.2) is 11.9 Å². The van der Waals surface area contributed by atoms with Crippen molar-refractivity contribution in [2.45, 2.75) is 166 Å². The quantitative estimate of drug-likeness (QED) is 0.161. The summed E-state index contributed by atoms with van der Waals surface area (Å²) in [6.07, 6.45) is 2.59. The molecule has 2 bridgehead atoms. The first-order chi connectivity index (χ1) is 27.3. The van der Waals surface area contributed by atoms with Crippen molar-refractivity contribution in [1.29, 1.82) is 0 Å². The molecule has 1 unspecified atom stereocenters. The van der Waals surface area contributed by atoms with Crippen LogP contribution in [0.2, 0.25) is 0 Å². The molecule has 1 amide bonds. The fourth-order valence-electron chi connectivity index (χ4n) is 10.2. The number of fused-ring (bicyclic) bond motifs is 3. The third kappa shape index (κ3) is 10.7. The second-order valence-electron chi connectivity index (χ2n) is 18.1. The second-order valence-corrected chi connectivity index (χ2v) is 18.1. The van der Waals surface area contributed by atoms with E-state index in [1.54, 1.807) is 34.1 Å². The number of nitrogens with zero attached hydrogens (tertiary/aromatic N) is 1. The molecule has 0 aromatic heterocycles. The van der Waals surface area contributed by atoms with Crippen molar-refractivity contribution in [2.24, 2.45) is 29.1 Å². The van der Waals surface area contributed by atoms with Crippen molar-refractivity contribution >= 4 is 23.4 Å². The molecule has 328 valence electrons. The fourth-order valence-corrected chi connectivity index (χ4v) is 10.2. The summed E-state index contributed by atoms with van der Waals surface area (Å²) in [6.45, 7) is 13.3. The normalized spacial score (nSPS) is 41.8. The summed E-state index contributed by atoms with van der Waals surface area (Å²) in [4.78, 5) is 58.1. The third-order valence-electron chi connectivity index (χ3n) is 13.7. The number of rotatable bonds is 7. The molecular weight excluding hydrogens is 746 g/mol. The van der Waals surface area contributed by atoms with Crippen molar-refractivity contribution in [3.05, 3.63) is 36.0 Å². The van der Waals surface area contributed by atoms with Crippen molar-refractivity contribution < 1.29 is 58.6 Å². The lowest BCUT2D eigenvalue weighted by Gasteiger charge is -2.53. The summed E-state index contributed by atoms with van der Waals surface area (Å²) in [6, 6.07) is -1.21. The molecule has 2 aliphatic carbocycles. The first kappa shape index (κ1) is 47.9. The van der Waals surface area contributed by atoms with Crippen molar-refractivity contribution in [1.82, 2.24) is 4.90 Å². The molecule has 58 heavy (non-hydrogen) atoms. The summed E-state index contributed by atoms with van der Waals surface area (Å²) in [5, 5.41) is 46.0. The van der Waals surface area contributed by atoms with Crippen molar-refractivity contribution in [3.63, 3.8) is 0 Å². The summed E-state index contributed by atoms with van der Waals surface area (Å²) < 4.78 is 23.7. The predicted octanol–water partition coefficient (Wildman–Crippen LogP) is 4.42. The number of cyclic esters (lactones) is 1. The lowest BCUT2D eigenvalue weighted by Crippen LogP contribution is -2.64. The maximum Gasteiger partial charge on any atom is 0.329 e. The molecule has 14 atom stereocenters. The Balaban J connectivity index is 1.80. The minimum Gasteiger partial charge on any atom is -0.453 e. The molecule has 0 spiro atoms. The summed E-state index contributed by atoms with van der Waals surface area (Å²) in [5.74, 6) is -4.05. The van der Waals surface area contributed by atoms with Gasteiger partial charge in [0.25, 0.3) is 11.7 Å². The number of ketones is 2. The highest BCUT2D eigenvalue weighted by molar-refractivity contribution is 6.39. The van der Waals surface area contributed by atoms with E-state index in [1.165, 1.54) is 12.0 Å². The van der Waals surface area contributed by atoms with Crippen LogP contribution in [0.15, 0.2) is 36.0 Å². The molecule has 13 nitrogen and oxygen atoms in total. The summed E-state index contributed by atoms with van der Waals surface area (Å²) in [7, 11) is 4.72. The number of amides is 1. The number of ether oxygens (including phenoxy) is 4. The van der Waals surface area contributed by atoms with Crippen LogP contribution in [0.3, 0.4) is 0 Å². The zero-order valence-electron chi connectivity index (χ0n) is 36.1. The van der Waals surface area contributed by atoms with Gasteiger partial charge in [-0.2, -0.15) is 0 Å². The number of methoxy groups -OCH3 is 3. The van der Waals surface area contributed by atoms with E-state index in [4.69, 9.17) is 18.9 Å². The molecule has 0 aromatic carbocycles. The Morgan fingerprint density at radius 1 is 0.931 bits per heavy atom. The smallest absolute Gasteiger partial charge is 0.329 e. The van der Waals surface area contributed by atoms with E-state index in [9.17, 15) is 39.6 Å². The van der Waals surface area contributed by atoms with Crippen LogP contribution in [-0.2, 0) is 38.1 Å². The Bertz CT molecular complexity index is 1530. The SMILES string of the molecule is C=CC/C1=C\C(C)C[C@H](C)C[C@H](OC)[C@@]2(C)C[C@@](O)(C(=O)C(=O)N3CCCC[C@H]3C(=O)O[C@H](C(C)=C[C@@H]3CC[C@@H](O)[C@H](OC)C3)[C@H](O)[C@@H](O)CC1=O)[C@H](C)C[C@@H]2OC. The second kappa shape index (κ2) is 20.7. The highest BCUT2D eigenvalue weighted by atomic mass is 16.6. The van der Waals surface area contributed by atoms with Crippen molar-refractivity contribution in [2.75, 3.05) is 27.9 Å². The maximum atomic E-state index is 14.5. The third-order valence-corrected chi connectivity index (χ3v) is 13.7. The molecule has 2 aliphatic heterocycles. The van der Waals surface area contributed by atoms with E-state index in [0.717, 1.165) is 0 Å². The van der Waals surface area contributed by atoms with E-state index < -0.39 is 89.8 Å². The summed E-state index contributed by atoms with van der Waals surface area (Å²) in [5.41, 5.74) is -2.12. The lowest BCUT2D eigenvalue weighted by molar-refractivity contribution is -0.197.